The van der Waals surface area contributed by atoms with E-state index in [0.717, 1.165) is 26.1 Å². The topological polar surface area (TPSA) is 29.9 Å². The third-order valence-corrected chi connectivity index (χ3v) is 2.23. The van der Waals surface area contributed by atoms with Crippen molar-refractivity contribution in [2.45, 2.75) is 33.7 Å². The molecule has 1 heterocycles. The van der Waals surface area contributed by atoms with E-state index in [4.69, 9.17) is 0 Å². The van der Waals surface area contributed by atoms with Crippen LogP contribution in [0.5, 0.6) is 0 Å². The Morgan fingerprint density at radius 1 is 1.50 bits per heavy atom. The molecule has 0 saturated heterocycles. The predicted molar refractivity (Wildman–Crippen MR) is 69.3 cm³/mol. The summed E-state index contributed by atoms with van der Waals surface area (Å²) in [6.45, 7) is 9.58. The zero-order chi connectivity index (χ0) is 11.8. The lowest BCUT2D eigenvalue weighted by atomic mass is 10.2. The van der Waals surface area contributed by atoms with Crippen LogP contribution in [0.3, 0.4) is 0 Å². The van der Waals surface area contributed by atoms with Gasteiger partial charge in [-0.2, -0.15) is 5.10 Å². The van der Waals surface area contributed by atoms with Crippen LogP contribution < -0.4 is 5.32 Å². The first-order valence-electron chi connectivity index (χ1n) is 6.12. The number of hydrogen-bond donors (Lipinski definition) is 1. The zero-order valence-electron chi connectivity index (χ0n) is 10.6. The summed E-state index contributed by atoms with van der Waals surface area (Å²) >= 11 is 0. The molecule has 0 fully saturated rings. The maximum atomic E-state index is 4.28. The van der Waals surface area contributed by atoms with Gasteiger partial charge in [0.2, 0.25) is 0 Å². The van der Waals surface area contributed by atoms with Crippen LogP contribution in [0.25, 0.3) is 6.08 Å². The Morgan fingerprint density at radius 2 is 2.31 bits per heavy atom. The molecule has 0 aliphatic heterocycles. The van der Waals surface area contributed by atoms with Crippen molar-refractivity contribution in [3.63, 3.8) is 0 Å². The van der Waals surface area contributed by atoms with Crippen LogP contribution in [0, 0.1) is 5.92 Å². The predicted octanol–water partition coefficient (Wildman–Crippen LogP) is 2.55. The molecule has 0 spiro atoms. The fourth-order valence-corrected chi connectivity index (χ4v) is 1.47. The molecule has 0 unspecified atom stereocenters. The number of aromatic nitrogens is 2. The van der Waals surface area contributed by atoms with E-state index >= 15 is 0 Å². The van der Waals surface area contributed by atoms with E-state index in [1.165, 1.54) is 5.56 Å². The Bertz CT molecular complexity index is 313. The Morgan fingerprint density at radius 3 is 3.00 bits per heavy atom. The highest BCUT2D eigenvalue weighted by Crippen LogP contribution is 2.00. The number of nitrogens with one attached hydrogen (secondary N) is 1. The van der Waals surface area contributed by atoms with Gasteiger partial charge in [-0.1, -0.05) is 32.9 Å². The molecule has 0 aliphatic carbocycles. The van der Waals surface area contributed by atoms with Crippen molar-refractivity contribution in [1.82, 2.24) is 15.1 Å². The quantitative estimate of drug-likeness (QED) is 0.717. The van der Waals surface area contributed by atoms with E-state index in [0.29, 0.717) is 5.92 Å². The van der Waals surface area contributed by atoms with Gasteiger partial charge in [0.1, 0.15) is 0 Å². The van der Waals surface area contributed by atoms with E-state index in [-0.39, 0.29) is 0 Å². The average molecular weight is 221 g/mol. The minimum atomic E-state index is 0.709. The van der Waals surface area contributed by atoms with Gasteiger partial charge in [-0.25, -0.2) is 0 Å². The molecule has 3 nitrogen and oxygen atoms in total. The number of hydrogen-bond acceptors (Lipinski definition) is 2. The van der Waals surface area contributed by atoms with Gasteiger partial charge in [0.25, 0.3) is 0 Å². The number of aryl methyl sites for hydroxylation is 1. The molecule has 1 N–H and O–H groups in total. The number of rotatable bonds is 7. The average Bonchev–Trinajstić information content (AvgIpc) is 2.65. The third kappa shape index (κ3) is 5.12. The Labute approximate surface area is 98.5 Å². The van der Waals surface area contributed by atoms with Crippen molar-refractivity contribution in [3.8, 4) is 0 Å². The van der Waals surface area contributed by atoms with Crippen molar-refractivity contribution >= 4 is 6.08 Å². The molecule has 0 amide bonds. The van der Waals surface area contributed by atoms with Crippen LogP contribution in [0.1, 0.15) is 32.8 Å². The van der Waals surface area contributed by atoms with Gasteiger partial charge < -0.3 is 5.32 Å². The fraction of sp³-hybridized carbons (Fsp3) is 0.615. The molecule has 0 bridgehead atoms. The lowest BCUT2D eigenvalue weighted by Gasteiger charge is -2.03. The molecule has 0 radical (unpaired) electrons. The van der Waals surface area contributed by atoms with Crippen molar-refractivity contribution < 1.29 is 0 Å². The maximum absolute atomic E-state index is 4.28. The normalized spacial score (nSPS) is 11.8. The van der Waals surface area contributed by atoms with E-state index < -0.39 is 0 Å². The van der Waals surface area contributed by atoms with Gasteiger partial charge in [-0.15, -0.1) is 0 Å². The van der Waals surface area contributed by atoms with Crippen molar-refractivity contribution in [2.24, 2.45) is 5.92 Å². The van der Waals surface area contributed by atoms with Crippen LogP contribution >= 0.6 is 0 Å². The molecule has 0 saturated carbocycles. The number of nitrogens with zero attached hydrogens (tertiary/aromatic N) is 2. The monoisotopic (exact) mass is 221 g/mol. The maximum Gasteiger partial charge on any atom is 0.0562 e. The van der Waals surface area contributed by atoms with Gasteiger partial charge in [0.05, 0.1) is 6.20 Å². The summed E-state index contributed by atoms with van der Waals surface area (Å²) in [6, 6.07) is 0. The molecule has 1 rings (SSSR count). The zero-order valence-corrected chi connectivity index (χ0v) is 10.6. The van der Waals surface area contributed by atoms with Crippen LogP contribution in [0.15, 0.2) is 18.5 Å². The third-order valence-electron chi connectivity index (χ3n) is 2.23. The summed E-state index contributed by atoms with van der Waals surface area (Å²) < 4.78 is 1.99. The second kappa shape index (κ2) is 7.23. The summed E-state index contributed by atoms with van der Waals surface area (Å²) in [6.07, 6.45) is 9.39. The summed E-state index contributed by atoms with van der Waals surface area (Å²) in [5, 5.41) is 7.65. The SMILES string of the molecule is CCCn1cc(/C=C/CNCC(C)C)cn1. The Hall–Kier alpha value is -1.09. The first kappa shape index (κ1) is 13.0. The second-order valence-corrected chi connectivity index (χ2v) is 4.49. The van der Waals surface area contributed by atoms with Gasteiger partial charge >= 0.3 is 0 Å². The molecule has 1 aromatic heterocycles. The van der Waals surface area contributed by atoms with E-state index in [1.54, 1.807) is 0 Å². The van der Waals surface area contributed by atoms with Gasteiger partial charge in [-0.05, 0) is 18.9 Å². The van der Waals surface area contributed by atoms with E-state index in [1.807, 2.05) is 10.9 Å². The van der Waals surface area contributed by atoms with Gasteiger partial charge in [-0.3, -0.25) is 4.68 Å². The van der Waals surface area contributed by atoms with Gasteiger partial charge in [0.15, 0.2) is 0 Å². The van der Waals surface area contributed by atoms with Crippen molar-refractivity contribution in [1.29, 1.82) is 0 Å². The summed E-state index contributed by atoms with van der Waals surface area (Å²) in [4.78, 5) is 0. The molecule has 0 aliphatic rings. The first-order chi connectivity index (χ1) is 7.72. The minimum Gasteiger partial charge on any atom is -0.313 e. The molecule has 16 heavy (non-hydrogen) atoms. The summed E-state index contributed by atoms with van der Waals surface area (Å²) in [5.74, 6) is 0.709. The second-order valence-electron chi connectivity index (χ2n) is 4.49. The first-order valence-corrected chi connectivity index (χ1v) is 6.12. The van der Waals surface area contributed by atoms with Crippen molar-refractivity contribution in [2.75, 3.05) is 13.1 Å². The smallest absolute Gasteiger partial charge is 0.0562 e. The van der Waals surface area contributed by atoms with E-state index in [2.05, 4.69) is 49.5 Å². The van der Waals surface area contributed by atoms with Crippen LogP contribution in [-0.4, -0.2) is 22.9 Å². The summed E-state index contributed by atoms with van der Waals surface area (Å²) in [5.41, 5.74) is 1.18. The molecule has 90 valence electrons. The lowest BCUT2D eigenvalue weighted by Crippen LogP contribution is -2.19. The minimum absolute atomic E-state index is 0.709. The standard InChI is InChI=1S/C13H23N3/c1-4-8-16-11-13(10-15-16)6-5-7-14-9-12(2)3/h5-6,10-12,14H,4,7-9H2,1-3H3/b6-5+. The lowest BCUT2D eigenvalue weighted by molar-refractivity contribution is 0.577. The highest BCUT2D eigenvalue weighted by Gasteiger charge is 1.93. The van der Waals surface area contributed by atoms with Gasteiger partial charge in [0, 0.05) is 24.8 Å². The molecule has 0 aromatic carbocycles. The molecule has 3 heteroatoms. The molecular formula is C13H23N3. The molecule has 1 aromatic rings. The van der Waals surface area contributed by atoms with Crippen molar-refractivity contribution in [3.05, 3.63) is 24.0 Å². The summed E-state index contributed by atoms with van der Waals surface area (Å²) in [7, 11) is 0. The van der Waals surface area contributed by atoms with E-state index in [9.17, 15) is 0 Å². The molecular weight excluding hydrogens is 198 g/mol. The highest BCUT2D eigenvalue weighted by atomic mass is 15.3. The largest absolute Gasteiger partial charge is 0.313 e. The Balaban J connectivity index is 2.26. The fourth-order valence-electron chi connectivity index (χ4n) is 1.47. The van der Waals surface area contributed by atoms with Crippen LogP contribution in [0.4, 0.5) is 0 Å². The van der Waals surface area contributed by atoms with Crippen LogP contribution in [-0.2, 0) is 6.54 Å². The molecule has 0 atom stereocenters. The van der Waals surface area contributed by atoms with Crippen LogP contribution in [0.2, 0.25) is 0 Å². The highest BCUT2D eigenvalue weighted by molar-refractivity contribution is 5.46. The Kier molecular flexibility index (Phi) is 5.86.